The van der Waals surface area contributed by atoms with E-state index in [2.05, 4.69) is 78.6 Å². The summed E-state index contributed by atoms with van der Waals surface area (Å²) in [7, 11) is -1.35. The van der Waals surface area contributed by atoms with E-state index in [0.717, 1.165) is 0 Å². The molecule has 0 saturated heterocycles. The minimum Gasteiger partial charge on any atom is -0.0913 e. The maximum Gasteiger partial charge on any atom is 0.104 e. The first-order valence-electron chi connectivity index (χ1n) is 5.36. The summed E-state index contributed by atoms with van der Waals surface area (Å²) in [5.41, 5.74) is 4.07. The second-order valence-corrected chi connectivity index (χ2v) is 9.91. The molecule has 0 heterocycles. The highest BCUT2D eigenvalue weighted by Crippen LogP contribution is 2.11. The molecule has 0 spiro atoms. The minimum absolute atomic E-state index is 1.22. The summed E-state index contributed by atoms with van der Waals surface area (Å²) in [6.07, 6.45) is 1.23. The number of rotatable bonds is 4. The lowest BCUT2D eigenvalue weighted by molar-refractivity contribution is 1.14. The normalized spacial score (nSPS) is 12.9. The molecular weight excluding hydrogens is 311 g/mol. The molecule has 0 unspecified atom stereocenters. The smallest absolute Gasteiger partial charge is 0.0913 e. The van der Waals surface area contributed by atoms with Gasteiger partial charge >= 0.3 is 0 Å². The number of benzene rings is 1. The Morgan fingerprint density at radius 2 is 1.87 bits per heavy atom. The predicted molar refractivity (Wildman–Crippen MR) is 80.8 cm³/mol. The molecule has 82 valence electrons. The summed E-state index contributed by atoms with van der Waals surface area (Å²) in [6.45, 7) is 7.09. The molecule has 1 aromatic rings. The molecule has 1 rings (SSSR count). The van der Waals surface area contributed by atoms with Crippen molar-refractivity contribution >= 4 is 35.9 Å². The zero-order valence-corrected chi connectivity index (χ0v) is 12.9. The molecule has 0 saturated carbocycles. The van der Waals surface area contributed by atoms with Crippen LogP contribution in [0.1, 0.15) is 13.3 Å². The molecule has 0 fully saturated rings. The van der Waals surface area contributed by atoms with E-state index in [-0.39, 0.29) is 0 Å². The summed E-state index contributed by atoms with van der Waals surface area (Å²) >= 11 is 2.44. The van der Waals surface area contributed by atoms with Gasteiger partial charge in [0.25, 0.3) is 0 Å². The van der Waals surface area contributed by atoms with Crippen LogP contribution in [0, 0.1) is 0 Å². The van der Waals surface area contributed by atoms with Crippen LogP contribution in [-0.4, -0.2) is 12.5 Å². The molecule has 0 aliphatic heterocycles. The van der Waals surface area contributed by atoms with Crippen LogP contribution in [0.5, 0.6) is 0 Å². The predicted octanol–water partition coefficient (Wildman–Crippen LogP) is 3.91. The Balaban J connectivity index is 2.88. The molecule has 15 heavy (non-hydrogen) atoms. The first kappa shape index (κ1) is 13.0. The SMILES string of the molecule is C/C(=C\[Si](C)(C)c1ccccc1)CCI. The summed E-state index contributed by atoms with van der Waals surface area (Å²) in [5.74, 6) is 0. The maximum atomic E-state index is 2.53. The highest BCUT2D eigenvalue weighted by Gasteiger charge is 2.19. The Morgan fingerprint density at radius 3 is 2.40 bits per heavy atom. The van der Waals surface area contributed by atoms with E-state index in [1.807, 2.05) is 0 Å². The van der Waals surface area contributed by atoms with Crippen LogP contribution in [0.15, 0.2) is 41.6 Å². The van der Waals surface area contributed by atoms with Crippen molar-refractivity contribution in [1.29, 1.82) is 0 Å². The molecule has 0 radical (unpaired) electrons. The van der Waals surface area contributed by atoms with Crippen LogP contribution in [0.2, 0.25) is 13.1 Å². The van der Waals surface area contributed by atoms with Crippen LogP contribution in [-0.2, 0) is 0 Å². The van der Waals surface area contributed by atoms with Gasteiger partial charge in [-0.3, -0.25) is 0 Å². The molecular formula is C13H19ISi. The van der Waals surface area contributed by atoms with E-state index < -0.39 is 8.07 Å². The standard InChI is InChI=1S/C13H19ISi/c1-12(9-10-14)11-15(2,3)13-7-5-4-6-8-13/h4-8,11H,9-10H2,1-3H3/b12-11+. The highest BCUT2D eigenvalue weighted by molar-refractivity contribution is 14.1. The number of hydrogen-bond acceptors (Lipinski definition) is 0. The van der Waals surface area contributed by atoms with E-state index >= 15 is 0 Å². The quantitative estimate of drug-likeness (QED) is 0.446. The van der Waals surface area contributed by atoms with Gasteiger partial charge in [0.15, 0.2) is 0 Å². The van der Waals surface area contributed by atoms with E-state index in [1.54, 1.807) is 5.57 Å². The van der Waals surface area contributed by atoms with Gasteiger partial charge in [-0.15, -0.1) is 0 Å². The number of hydrogen-bond donors (Lipinski definition) is 0. The number of alkyl halides is 1. The Labute approximate surface area is 108 Å². The average Bonchev–Trinajstić information content (AvgIpc) is 2.18. The monoisotopic (exact) mass is 330 g/mol. The molecule has 1 aromatic carbocycles. The van der Waals surface area contributed by atoms with Crippen LogP contribution in [0.3, 0.4) is 0 Å². The van der Waals surface area contributed by atoms with Crippen molar-refractivity contribution < 1.29 is 0 Å². The summed E-state index contributed by atoms with van der Waals surface area (Å²) in [4.78, 5) is 0. The Hall–Kier alpha value is -0.0931. The van der Waals surface area contributed by atoms with Gasteiger partial charge in [-0.2, -0.15) is 0 Å². The van der Waals surface area contributed by atoms with Crippen LogP contribution in [0.4, 0.5) is 0 Å². The van der Waals surface area contributed by atoms with E-state index in [1.165, 1.54) is 16.0 Å². The largest absolute Gasteiger partial charge is 0.104 e. The third-order valence-corrected chi connectivity index (χ3v) is 6.19. The van der Waals surface area contributed by atoms with E-state index in [0.29, 0.717) is 0 Å². The van der Waals surface area contributed by atoms with Crippen molar-refractivity contribution in [2.24, 2.45) is 0 Å². The Kier molecular flexibility index (Phi) is 5.06. The van der Waals surface area contributed by atoms with Gasteiger partial charge in [0.1, 0.15) is 8.07 Å². The molecule has 0 N–H and O–H groups in total. The zero-order valence-electron chi connectivity index (χ0n) is 9.76. The fourth-order valence-electron chi connectivity index (χ4n) is 1.79. The van der Waals surface area contributed by atoms with Gasteiger partial charge in [-0.05, 0) is 13.3 Å². The van der Waals surface area contributed by atoms with Gasteiger partial charge in [-0.1, -0.05) is 82.5 Å². The average molecular weight is 330 g/mol. The Morgan fingerprint density at radius 1 is 1.27 bits per heavy atom. The first-order valence-corrected chi connectivity index (χ1v) is 9.96. The van der Waals surface area contributed by atoms with Crippen LogP contribution >= 0.6 is 22.6 Å². The minimum atomic E-state index is -1.35. The second-order valence-electron chi connectivity index (χ2n) is 4.52. The molecule has 0 aliphatic rings. The molecule has 0 nitrogen and oxygen atoms in total. The summed E-state index contributed by atoms with van der Waals surface area (Å²) < 4.78 is 1.22. The molecule has 0 atom stereocenters. The topological polar surface area (TPSA) is 0 Å². The maximum absolute atomic E-state index is 2.53. The highest BCUT2D eigenvalue weighted by atomic mass is 127. The molecule has 2 heteroatoms. The number of halogens is 1. The van der Waals surface area contributed by atoms with Crippen LogP contribution < -0.4 is 5.19 Å². The van der Waals surface area contributed by atoms with E-state index in [4.69, 9.17) is 0 Å². The lowest BCUT2D eigenvalue weighted by Crippen LogP contribution is -2.39. The fraction of sp³-hybridized carbons (Fsp3) is 0.385. The van der Waals surface area contributed by atoms with Crippen molar-refractivity contribution in [2.75, 3.05) is 4.43 Å². The van der Waals surface area contributed by atoms with Crippen molar-refractivity contribution in [2.45, 2.75) is 26.4 Å². The van der Waals surface area contributed by atoms with E-state index in [9.17, 15) is 0 Å². The number of allylic oxidation sites excluding steroid dienone is 1. The molecule has 0 amide bonds. The fourth-order valence-corrected chi connectivity index (χ4v) is 5.23. The van der Waals surface area contributed by atoms with Crippen LogP contribution in [0.25, 0.3) is 0 Å². The molecule has 0 aromatic heterocycles. The van der Waals surface area contributed by atoms with Gasteiger partial charge in [0.2, 0.25) is 0 Å². The third-order valence-electron chi connectivity index (χ3n) is 2.61. The summed E-state index contributed by atoms with van der Waals surface area (Å²) in [6, 6.07) is 10.9. The van der Waals surface area contributed by atoms with Gasteiger partial charge in [0, 0.05) is 4.43 Å². The Bertz CT molecular complexity index is 328. The summed E-state index contributed by atoms with van der Waals surface area (Å²) in [5, 5.41) is 1.53. The third kappa shape index (κ3) is 4.11. The van der Waals surface area contributed by atoms with Gasteiger partial charge in [0.05, 0.1) is 0 Å². The first-order chi connectivity index (χ1) is 7.06. The van der Waals surface area contributed by atoms with Crippen molar-refractivity contribution in [3.63, 3.8) is 0 Å². The lowest BCUT2D eigenvalue weighted by Gasteiger charge is -2.19. The van der Waals surface area contributed by atoms with Crippen molar-refractivity contribution in [1.82, 2.24) is 0 Å². The van der Waals surface area contributed by atoms with Gasteiger partial charge < -0.3 is 0 Å². The van der Waals surface area contributed by atoms with Crippen molar-refractivity contribution in [3.8, 4) is 0 Å². The molecule has 0 aliphatic carbocycles. The lowest BCUT2D eigenvalue weighted by atomic mass is 10.3. The van der Waals surface area contributed by atoms with Gasteiger partial charge in [-0.25, -0.2) is 0 Å². The second kappa shape index (κ2) is 5.85. The van der Waals surface area contributed by atoms with Crippen molar-refractivity contribution in [3.05, 3.63) is 41.6 Å². The zero-order chi connectivity index (χ0) is 11.3. The molecule has 0 bridgehead atoms.